The van der Waals surface area contributed by atoms with E-state index in [9.17, 15) is 14.4 Å². The summed E-state index contributed by atoms with van der Waals surface area (Å²) in [6.07, 6.45) is 5.80. The van der Waals surface area contributed by atoms with Gasteiger partial charge in [-0.3, -0.25) is 19.7 Å². The molecular formula is C25H35N3O6S. The molecule has 2 N–H and O–H groups in total. The summed E-state index contributed by atoms with van der Waals surface area (Å²) in [5, 5.41) is 5.53. The highest BCUT2D eigenvalue weighted by Gasteiger charge is 2.34. The molecule has 2 amide bonds. The van der Waals surface area contributed by atoms with Gasteiger partial charge < -0.3 is 24.4 Å². The van der Waals surface area contributed by atoms with E-state index >= 15 is 0 Å². The van der Waals surface area contributed by atoms with Crippen LogP contribution in [0.25, 0.3) is 0 Å². The lowest BCUT2D eigenvalue weighted by atomic mass is 10.1. The maximum absolute atomic E-state index is 13.0. The second-order valence-electron chi connectivity index (χ2n) is 8.69. The topological polar surface area (TPSA) is 106 Å². The molecule has 9 nitrogen and oxygen atoms in total. The van der Waals surface area contributed by atoms with Gasteiger partial charge >= 0.3 is 5.97 Å². The molecule has 10 heteroatoms. The molecule has 2 fully saturated rings. The van der Waals surface area contributed by atoms with E-state index in [1.807, 2.05) is 6.07 Å². The first-order valence-corrected chi connectivity index (χ1v) is 12.8. The van der Waals surface area contributed by atoms with Gasteiger partial charge in [0.15, 0.2) is 5.11 Å². The van der Waals surface area contributed by atoms with Crippen LogP contribution in [0.1, 0.15) is 62.2 Å². The van der Waals surface area contributed by atoms with Crippen molar-refractivity contribution >= 4 is 35.1 Å². The predicted octanol–water partition coefficient (Wildman–Crippen LogP) is 2.57. The fourth-order valence-corrected chi connectivity index (χ4v) is 4.38. The van der Waals surface area contributed by atoms with Gasteiger partial charge in [0.25, 0.3) is 5.91 Å². The molecule has 0 saturated carbocycles. The minimum Gasteiger partial charge on any atom is -0.493 e. The summed E-state index contributed by atoms with van der Waals surface area (Å²) in [6, 6.07) is 6.12. The molecule has 2 unspecified atom stereocenters. The number of thiocarbonyl (C=S) groups is 1. The molecule has 2 aliphatic rings. The van der Waals surface area contributed by atoms with Crippen LogP contribution in [0.4, 0.5) is 0 Å². The van der Waals surface area contributed by atoms with E-state index in [0.29, 0.717) is 37.6 Å². The lowest BCUT2D eigenvalue weighted by Crippen LogP contribution is -2.60. The third-order valence-corrected chi connectivity index (χ3v) is 6.35. The molecule has 3 rings (SSSR count). The second kappa shape index (κ2) is 14.0. The maximum atomic E-state index is 13.0. The molecule has 35 heavy (non-hydrogen) atoms. The SMILES string of the molecule is CCCCCCOc1ccccc1C(=O)NC(=S)N1CCNC(=O)C1CC(=O)OCC1CCCO1. The molecule has 0 radical (unpaired) electrons. The third-order valence-electron chi connectivity index (χ3n) is 6.01. The molecule has 2 atom stereocenters. The number of carbonyl (C=O) groups is 3. The summed E-state index contributed by atoms with van der Waals surface area (Å²) in [4.78, 5) is 39.5. The number of amides is 2. The Morgan fingerprint density at radius 3 is 2.86 bits per heavy atom. The van der Waals surface area contributed by atoms with Crippen LogP contribution in [0, 0.1) is 0 Å². The molecule has 0 aliphatic carbocycles. The Morgan fingerprint density at radius 1 is 1.26 bits per heavy atom. The summed E-state index contributed by atoms with van der Waals surface area (Å²) < 4.78 is 16.6. The summed E-state index contributed by atoms with van der Waals surface area (Å²) in [7, 11) is 0. The predicted molar refractivity (Wildman–Crippen MR) is 134 cm³/mol. The van der Waals surface area contributed by atoms with Crippen molar-refractivity contribution in [2.75, 3.05) is 32.9 Å². The van der Waals surface area contributed by atoms with Gasteiger partial charge in [-0.15, -0.1) is 0 Å². The number of nitrogens with zero attached hydrogens (tertiary/aromatic N) is 1. The number of carbonyl (C=O) groups excluding carboxylic acids is 3. The Bertz CT molecular complexity index is 890. The Hall–Kier alpha value is -2.72. The van der Waals surface area contributed by atoms with Crippen LogP contribution < -0.4 is 15.4 Å². The quantitative estimate of drug-likeness (QED) is 0.269. The number of nitrogens with one attached hydrogen (secondary N) is 2. The van der Waals surface area contributed by atoms with Crippen LogP contribution in [-0.4, -0.2) is 72.9 Å². The third kappa shape index (κ3) is 8.17. The molecule has 1 aromatic rings. The van der Waals surface area contributed by atoms with Crippen LogP contribution in [0.2, 0.25) is 0 Å². The van der Waals surface area contributed by atoms with Gasteiger partial charge in [-0.25, -0.2) is 0 Å². The molecule has 0 spiro atoms. The zero-order valence-electron chi connectivity index (χ0n) is 20.3. The lowest BCUT2D eigenvalue weighted by Gasteiger charge is -2.36. The van der Waals surface area contributed by atoms with E-state index in [-0.39, 0.29) is 30.2 Å². The van der Waals surface area contributed by atoms with Gasteiger partial charge in [0.2, 0.25) is 5.91 Å². The zero-order valence-corrected chi connectivity index (χ0v) is 21.1. The molecule has 2 heterocycles. The Kier molecular flexibility index (Phi) is 10.7. The van der Waals surface area contributed by atoms with Crippen LogP contribution in [0.3, 0.4) is 0 Å². The molecular weight excluding hydrogens is 470 g/mol. The Morgan fingerprint density at radius 2 is 2.09 bits per heavy atom. The minimum atomic E-state index is -0.862. The second-order valence-corrected chi connectivity index (χ2v) is 9.07. The van der Waals surface area contributed by atoms with Crippen molar-refractivity contribution in [3.05, 3.63) is 29.8 Å². The molecule has 1 aromatic carbocycles. The summed E-state index contributed by atoms with van der Waals surface area (Å²) in [5.41, 5.74) is 0.360. The van der Waals surface area contributed by atoms with Crippen molar-refractivity contribution in [1.82, 2.24) is 15.5 Å². The van der Waals surface area contributed by atoms with Crippen molar-refractivity contribution in [3.63, 3.8) is 0 Å². The number of hydrogen-bond donors (Lipinski definition) is 2. The van der Waals surface area contributed by atoms with Crippen LogP contribution in [-0.2, 0) is 19.1 Å². The first kappa shape index (κ1) is 26.9. The number of rotatable bonds is 11. The van der Waals surface area contributed by atoms with Gasteiger partial charge in [0.1, 0.15) is 18.4 Å². The number of unbranched alkanes of at least 4 members (excludes halogenated alkanes) is 3. The van der Waals surface area contributed by atoms with Crippen LogP contribution in [0.15, 0.2) is 24.3 Å². The molecule has 192 valence electrons. The van der Waals surface area contributed by atoms with E-state index in [2.05, 4.69) is 17.6 Å². The molecule has 0 aromatic heterocycles. The highest BCUT2D eigenvalue weighted by Crippen LogP contribution is 2.19. The Balaban J connectivity index is 1.57. The van der Waals surface area contributed by atoms with Crippen molar-refractivity contribution in [3.8, 4) is 5.75 Å². The van der Waals surface area contributed by atoms with Crippen molar-refractivity contribution in [2.24, 2.45) is 0 Å². The highest BCUT2D eigenvalue weighted by atomic mass is 32.1. The van der Waals surface area contributed by atoms with Gasteiger partial charge in [-0.05, 0) is 43.6 Å². The summed E-state index contributed by atoms with van der Waals surface area (Å²) in [5.74, 6) is -0.791. The monoisotopic (exact) mass is 505 g/mol. The van der Waals surface area contributed by atoms with E-state index in [1.54, 1.807) is 23.1 Å². The largest absolute Gasteiger partial charge is 0.493 e. The highest BCUT2D eigenvalue weighted by molar-refractivity contribution is 7.80. The number of esters is 1. The summed E-state index contributed by atoms with van der Waals surface area (Å²) >= 11 is 5.46. The number of ether oxygens (including phenoxy) is 3. The number of benzene rings is 1. The molecule has 2 saturated heterocycles. The van der Waals surface area contributed by atoms with Gasteiger partial charge in [-0.1, -0.05) is 38.3 Å². The molecule has 2 aliphatic heterocycles. The van der Waals surface area contributed by atoms with Gasteiger partial charge in [0, 0.05) is 19.7 Å². The standard InChI is InChI=1S/C25H35N3O6S/c1-2-3-4-7-14-33-21-11-6-5-10-19(21)23(30)27-25(35)28-13-12-26-24(31)20(28)16-22(29)34-17-18-9-8-15-32-18/h5-6,10-11,18,20H,2-4,7-9,12-17H2,1H3,(H,26,31)(H,27,30,35). The summed E-state index contributed by atoms with van der Waals surface area (Å²) in [6.45, 7) is 4.23. The smallest absolute Gasteiger partial charge is 0.308 e. The van der Waals surface area contributed by atoms with Gasteiger partial charge in [-0.2, -0.15) is 0 Å². The van der Waals surface area contributed by atoms with E-state index in [1.165, 1.54) is 0 Å². The molecule has 0 bridgehead atoms. The van der Waals surface area contributed by atoms with Crippen LogP contribution in [0.5, 0.6) is 5.75 Å². The Labute approximate surface area is 211 Å². The number of piperazine rings is 1. The van der Waals surface area contributed by atoms with E-state index in [4.69, 9.17) is 26.4 Å². The number of hydrogen-bond acceptors (Lipinski definition) is 7. The van der Waals surface area contributed by atoms with Crippen molar-refractivity contribution < 1.29 is 28.6 Å². The lowest BCUT2D eigenvalue weighted by molar-refractivity contribution is -0.150. The van der Waals surface area contributed by atoms with E-state index in [0.717, 1.165) is 38.5 Å². The van der Waals surface area contributed by atoms with E-state index < -0.39 is 17.9 Å². The average Bonchev–Trinajstić information content (AvgIpc) is 3.38. The average molecular weight is 506 g/mol. The zero-order chi connectivity index (χ0) is 25.0. The minimum absolute atomic E-state index is 0.0829. The first-order chi connectivity index (χ1) is 17.0. The van der Waals surface area contributed by atoms with Crippen molar-refractivity contribution in [1.29, 1.82) is 0 Å². The maximum Gasteiger partial charge on any atom is 0.308 e. The van der Waals surface area contributed by atoms with Crippen molar-refractivity contribution in [2.45, 2.75) is 64.0 Å². The van der Waals surface area contributed by atoms with Gasteiger partial charge in [0.05, 0.1) is 24.7 Å². The van der Waals surface area contributed by atoms with Crippen LogP contribution >= 0.6 is 12.2 Å². The fraction of sp³-hybridized carbons (Fsp3) is 0.600. The first-order valence-electron chi connectivity index (χ1n) is 12.4. The fourth-order valence-electron chi connectivity index (χ4n) is 4.07. The number of para-hydroxylation sites is 1. The normalized spacial score (nSPS) is 19.7.